The number of carbonyl (C=O) groups excluding carboxylic acids is 1. The van der Waals surface area contributed by atoms with E-state index in [1.165, 1.54) is 22.7 Å². The number of carbonyl (C=O) groups is 1. The highest BCUT2D eigenvalue weighted by atomic mass is 35.5. The highest BCUT2D eigenvalue weighted by Crippen LogP contribution is 2.37. The van der Waals surface area contributed by atoms with Crippen LogP contribution in [0.1, 0.15) is 34.8 Å². The second-order valence-electron chi connectivity index (χ2n) is 5.77. The zero-order valence-corrected chi connectivity index (χ0v) is 19.3. The van der Waals surface area contributed by atoms with Crippen LogP contribution < -0.4 is 22.1 Å². The molecule has 12 heteroatoms. The number of nitrogens with one attached hydrogen (secondary N) is 2. The number of nitrogens with two attached hydrogens (primary N) is 2. The highest BCUT2D eigenvalue weighted by Gasteiger charge is 2.21. The molecule has 0 fully saturated rings. The Labute approximate surface area is 189 Å². The van der Waals surface area contributed by atoms with Gasteiger partial charge in [0.1, 0.15) is 19.4 Å². The van der Waals surface area contributed by atoms with Crippen LogP contribution in [0.3, 0.4) is 0 Å². The fourth-order valence-corrected chi connectivity index (χ4v) is 4.72. The fraction of sp³-hybridized carbons (Fsp3) is 0.562. The molecule has 158 valence electrons. The van der Waals surface area contributed by atoms with Gasteiger partial charge < -0.3 is 22.1 Å². The maximum absolute atomic E-state index is 12.3. The van der Waals surface area contributed by atoms with Gasteiger partial charge in [-0.1, -0.05) is 34.5 Å². The topological polar surface area (TPSA) is 119 Å². The first-order valence-corrected chi connectivity index (χ1v) is 11.2. The normalized spacial score (nSPS) is 10.7. The largest absolute Gasteiger partial charge is 0.351 e. The number of hydrogen-bond donors (Lipinski definition) is 4. The molecule has 6 N–H and O–H groups in total. The number of rotatable bonds is 12. The Bertz CT molecular complexity index is 740. The third-order valence-electron chi connectivity index (χ3n) is 3.62. The van der Waals surface area contributed by atoms with Gasteiger partial charge in [-0.25, -0.2) is 9.97 Å². The predicted octanol–water partition coefficient (Wildman–Crippen LogP) is 2.94. The molecule has 1 amide bonds. The van der Waals surface area contributed by atoms with E-state index in [9.17, 15) is 4.79 Å². The van der Waals surface area contributed by atoms with Crippen LogP contribution in [0.5, 0.6) is 0 Å². The second kappa shape index (κ2) is 13.7. The molecule has 0 aliphatic carbocycles. The number of nitrogens with zero attached hydrogens (tertiary/aromatic N) is 2. The summed E-state index contributed by atoms with van der Waals surface area (Å²) in [6.07, 6.45) is 3.55. The van der Waals surface area contributed by atoms with E-state index in [0.717, 1.165) is 37.4 Å². The fourth-order valence-electron chi connectivity index (χ4n) is 2.27. The maximum Gasteiger partial charge on any atom is 0.272 e. The van der Waals surface area contributed by atoms with Crippen LogP contribution in [-0.2, 0) is 6.42 Å². The number of unbranched alkanes of at least 4 members (excludes halogenated alkanes) is 1. The Morgan fingerprint density at radius 1 is 0.964 bits per heavy atom. The highest BCUT2D eigenvalue weighted by molar-refractivity contribution is 7.20. The molecule has 0 aromatic carbocycles. The number of aromatic nitrogens is 2. The minimum atomic E-state index is -0.292. The Morgan fingerprint density at radius 3 is 2.43 bits per heavy atom. The van der Waals surface area contributed by atoms with Crippen molar-refractivity contribution in [2.24, 2.45) is 11.5 Å². The first-order valence-electron chi connectivity index (χ1n) is 8.77. The first-order chi connectivity index (χ1) is 13.1. The Kier molecular flexibility index (Phi) is 12.4. The zero-order chi connectivity index (χ0) is 19.6. The van der Waals surface area contributed by atoms with Gasteiger partial charge >= 0.3 is 0 Å². The van der Waals surface area contributed by atoms with Gasteiger partial charge in [0.2, 0.25) is 0 Å². The van der Waals surface area contributed by atoms with Crippen molar-refractivity contribution in [3.8, 4) is 10.7 Å². The average molecular weight is 488 g/mol. The van der Waals surface area contributed by atoms with Crippen LogP contribution in [0, 0.1) is 0 Å². The molecule has 0 saturated heterocycles. The molecule has 0 saturated carbocycles. The number of amides is 1. The van der Waals surface area contributed by atoms with Gasteiger partial charge in [-0.05, 0) is 45.4 Å². The summed E-state index contributed by atoms with van der Waals surface area (Å²) in [5.41, 5.74) is 11.8. The second-order valence-corrected chi connectivity index (χ2v) is 9.05. The molecule has 2 heterocycles. The summed E-state index contributed by atoms with van der Waals surface area (Å²) >= 11 is 15.0. The number of halogens is 3. The van der Waals surface area contributed by atoms with Gasteiger partial charge in [0.25, 0.3) is 5.91 Å². The lowest BCUT2D eigenvalue weighted by Crippen LogP contribution is -2.28. The summed E-state index contributed by atoms with van der Waals surface area (Å²) in [5, 5.41) is 7.53. The van der Waals surface area contributed by atoms with Crippen molar-refractivity contribution in [1.29, 1.82) is 0 Å². The van der Waals surface area contributed by atoms with E-state index in [2.05, 4.69) is 20.6 Å². The SMILES string of the molecule is Cl.NCCCCNCCCNC(=O)c1nc(-c2nc(CCN)sc2Cl)sc1Cl. The lowest BCUT2D eigenvalue weighted by atomic mass is 10.3. The average Bonchev–Trinajstić information content (AvgIpc) is 3.20. The summed E-state index contributed by atoms with van der Waals surface area (Å²) in [4.78, 5) is 21.1. The van der Waals surface area contributed by atoms with Crippen LogP contribution >= 0.6 is 58.3 Å². The molecule has 0 aliphatic rings. The molecule has 0 aliphatic heterocycles. The molecule has 0 unspecified atom stereocenters. The number of thiazole rings is 2. The molecule has 0 atom stereocenters. The molecule has 28 heavy (non-hydrogen) atoms. The molecule has 0 radical (unpaired) electrons. The van der Waals surface area contributed by atoms with Crippen LogP contribution in [0.4, 0.5) is 0 Å². The first kappa shape index (κ1) is 25.5. The molecule has 2 aromatic heterocycles. The molecule has 7 nitrogen and oxygen atoms in total. The third-order valence-corrected chi connectivity index (χ3v) is 6.19. The van der Waals surface area contributed by atoms with Gasteiger partial charge in [0.15, 0.2) is 5.69 Å². The number of hydrogen-bond acceptors (Lipinski definition) is 8. The predicted molar refractivity (Wildman–Crippen MR) is 121 cm³/mol. The van der Waals surface area contributed by atoms with E-state index in [4.69, 9.17) is 34.7 Å². The Balaban J connectivity index is 0.00000392. The lowest BCUT2D eigenvalue weighted by molar-refractivity contribution is 0.0949. The van der Waals surface area contributed by atoms with Gasteiger partial charge in [0.05, 0.1) is 5.01 Å². The van der Waals surface area contributed by atoms with E-state index in [1.807, 2.05) is 0 Å². The maximum atomic E-state index is 12.3. The van der Waals surface area contributed by atoms with Gasteiger partial charge in [0, 0.05) is 13.0 Å². The lowest BCUT2D eigenvalue weighted by Gasteiger charge is -2.05. The molecule has 0 bridgehead atoms. The van der Waals surface area contributed by atoms with Crippen molar-refractivity contribution in [2.75, 3.05) is 32.7 Å². The zero-order valence-electron chi connectivity index (χ0n) is 15.3. The van der Waals surface area contributed by atoms with E-state index in [0.29, 0.717) is 45.4 Å². The molecular weight excluding hydrogens is 463 g/mol. The van der Waals surface area contributed by atoms with Crippen molar-refractivity contribution in [3.63, 3.8) is 0 Å². The minimum Gasteiger partial charge on any atom is -0.351 e. The summed E-state index contributed by atoms with van der Waals surface area (Å²) in [6, 6.07) is 0. The smallest absolute Gasteiger partial charge is 0.272 e. The molecule has 2 rings (SSSR count). The summed E-state index contributed by atoms with van der Waals surface area (Å²) in [6.45, 7) is 3.53. The van der Waals surface area contributed by atoms with Crippen LogP contribution in [-0.4, -0.2) is 48.6 Å². The Hall–Kier alpha value is -0.520. The summed E-state index contributed by atoms with van der Waals surface area (Å²) < 4.78 is 0.850. The van der Waals surface area contributed by atoms with Gasteiger partial charge in [-0.15, -0.1) is 23.7 Å². The van der Waals surface area contributed by atoms with E-state index >= 15 is 0 Å². The standard InChI is InChI=1S/C16H24Cl2N6OS2.ClH/c17-13-11(15(25)22-9-3-8-21-7-2-1-5-19)24-16(27-13)12-14(18)26-10(23-12)4-6-20;/h21H,1-9,19-20H2,(H,22,25);1H. The van der Waals surface area contributed by atoms with Crippen LogP contribution in [0.25, 0.3) is 10.7 Å². The molecular formula is C16H25Cl3N6OS2. The van der Waals surface area contributed by atoms with E-state index in [1.54, 1.807) is 0 Å². The van der Waals surface area contributed by atoms with Crippen molar-refractivity contribution < 1.29 is 4.79 Å². The monoisotopic (exact) mass is 486 g/mol. The summed E-state index contributed by atoms with van der Waals surface area (Å²) in [5.74, 6) is -0.292. The van der Waals surface area contributed by atoms with Gasteiger partial charge in [-0.3, -0.25) is 4.79 Å². The van der Waals surface area contributed by atoms with E-state index < -0.39 is 0 Å². The van der Waals surface area contributed by atoms with Crippen molar-refractivity contribution >= 4 is 64.2 Å². The molecule has 0 spiro atoms. The van der Waals surface area contributed by atoms with Crippen LogP contribution in [0.2, 0.25) is 8.67 Å². The quantitative estimate of drug-likeness (QED) is 0.342. The van der Waals surface area contributed by atoms with Crippen molar-refractivity contribution in [3.05, 3.63) is 19.4 Å². The van der Waals surface area contributed by atoms with Crippen LogP contribution in [0.15, 0.2) is 0 Å². The third kappa shape index (κ3) is 7.72. The van der Waals surface area contributed by atoms with E-state index in [-0.39, 0.29) is 24.0 Å². The summed E-state index contributed by atoms with van der Waals surface area (Å²) in [7, 11) is 0. The Morgan fingerprint density at radius 2 is 1.71 bits per heavy atom. The minimum absolute atomic E-state index is 0. The van der Waals surface area contributed by atoms with Crippen molar-refractivity contribution in [1.82, 2.24) is 20.6 Å². The molecule has 2 aromatic rings. The van der Waals surface area contributed by atoms with Gasteiger partial charge in [-0.2, -0.15) is 0 Å². The van der Waals surface area contributed by atoms with Crippen molar-refractivity contribution in [2.45, 2.75) is 25.7 Å².